The number of nitro groups is 2. The summed E-state index contributed by atoms with van der Waals surface area (Å²) in [5, 5.41) is 27.5. The van der Waals surface area contributed by atoms with E-state index in [2.05, 4.69) is 10.6 Å². The number of benzene rings is 2. The van der Waals surface area contributed by atoms with Gasteiger partial charge in [0.1, 0.15) is 22.9 Å². The number of nitro benzene ring substituents is 2. The molecule has 0 aliphatic rings. The maximum Gasteiger partial charge on any atom is 0.296 e. The van der Waals surface area contributed by atoms with Crippen LogP contribution in [0, 0.1) is 20.2 Å². The Hall–Kier alpha value is -3.36. The molecule has 0 saturated carbocycles. The molecule has 0 heterocycles. The number of nitrogens with zero attached hydrogens (tertiary/aromatic N) is 2. The molecule has 0 bridgehead atoms. The van der Waals surface area contributed by atoms with Crippen LogP contribution in [-0.4, -0.2) is 23.9 Å². The van der Waals surface area contributed by atoms with Gasteiger partial charge in [-0.3, -0.25) is 20.2 Å². The van der Waals surface area contributed by atoms with Crippen molar-refractivity contribution in [1.82, 2.24) is 0 Å². The zero-order valence-electron chi connectivity index (χ0n) is 12.4. The molecule has 2 aromatic rings. The molecule has 0 fully saturated rings. The molecule has 0 spiro atoms. The summed E-state index contributed by atoms with van der Waals surface area (Å²) >= 11 is 0. The summed E-state index contributed by atoms with van der Waals surface area (Å²) in [6.07, 6.45) is 0. The van der Waals surface area contributed by atoms with E-state index in [0.717, 1.165) is 0 Å². The SMILES string of the molecule is CNc1ccc(Oc2ccc(NC)c([N+](=O)[O-])c2)cc1[N+](=O)[O-]. The number of hydrogen-bond acceptors (Lipinski definition) is 7. The van der Waals surface area contributed by atoms with Crippen LogP contribution in [0.2, 0.25) is 0 Å². The van der Waals surface area contributed by atoms with Gasteiger partial charge in [0, 0.05) is 14.1 Å². The van der Waals surface area contributed by atoms with Gasteiger partial charge in [-0.2, -0.15) is 0 Å². The highest BCUT2D eigenvalue weighted by Gasteiger charge is 2.17. The summed E-state index contributed by atoms with van der Waals surface area (Å²) in [6, 6.07) is 8.59. The Morgan fingerprint density at radius 2 is 1.22 bits per heavy atom. The summed E-state index contributed by atoms with van der Waals surface area (Å²) in [4.78, 5) is 21.0. The summed E-state index contributed by atoms with van der Waals surface area (Å²) in [7, 11) is 3.14. The van der Waals surface area contributed by atoms with Gasteiger partial charge in [0.05, 0.1) is 22.0 Å². The van der Waals surface area contributed by atoms with Crippen molar-refractivity contribution in [2.75, 3.05) is 24.7 Å². The zero-order valence-corrected chi connectivity index (χ0v) is 12.4. The second-order valence-electron chi connectivity index (χ2n) is 4.47. The first-order chi connectivity index (χ1) is 11.0. The normalized spacial score (nSPS) is 10.0. The summed E-state index contributed by atoms with van der Waals surface area (Å²) in [5.41, 5.74) is 0.399. The van der Waals surface area contributed by atoms with E-state index < -0.39 is 9.85 Å². The van der Waals surface area contributed by atoms with Crippen molar-refractivity contribution in [3.05, 3.63) is 56.6 Å². The predicted octanol–water partition coefficient (Wildman–Crippen LogP) is 3.38. The van der Waals surface area contributed by atoms with Crippen molar-refractivity contribution in [2.24, 2.45) is 0 Å². The minimum absolute atomic E-state index is 0.147. The van der Waals surface area contributed by atoms with Gasteiger partial charge in [0.2, 0.25) is 0 Å². The van der Waals surface area contributed by atoms with Crippen LogP contribution in [0.1, 0.15) is 0 Å². The van der Waals surface area contributed by atoms with Crippen LogP contribution in [0.3, 0.4) is 0 Å². The minimum atomic E-state index is -0.536. The maximum atomic E-state index is 11.0. The Kier molecular flexibility index (Phi) is 4.60. The average molecular weight is 318 g/mol. The lowest BCUT2D eigenvalue weighted by Gasteiger charge is -2.09. The molecule has 2 rings (SSSR count). The molecule has 0 radical (unpaired) electrons. The van der Waals surface area contributed by atoms with Crippen LogP contribution < -0.4 is 15.4 Å². The Labute approximate surface area is 131 Å². The van der Waals surface area contributed by atoms with Crippen LogP contribution in [0.25, 0.3) is 0 Å². The number of rotatable bonds is 6. The molecule has 23 heavy (non-hydrogen) atoms. The molecule has 2 aromatic carbocycles. The first-order valence-electron chi connectivity index (χ1n) is 6.56. The number of nitrogens with one attached hydrogen (secondary N) is 2. The van der Waals surface area contributed by atoms with Crippen LogP contribution in [0.5, 0.6) is 11.5 Å². The highest BCUT2D eigenvalue weighted by molar-refractivity contribution is 5.65. The maximum absolute atomic E-state index is 11.0. The van der Waals surface area contributed by atoms with Gasteiger partial charge >= 0.3 is 0 Å². The molecule has 0 aliphatic carbocycles. The van der Waals surface area contributed by atoms with Crippen molar-refractivity contribution in [2.45, 2.75) is 0 Å². The lowest BCUT2D eigenvalue weighted by atomic mass is 10.2. The van der Waals surface area contributed by atoms with E-state index in [1.54, 1.807) is 14.1 Å². The van der Waals surface area contributed by atoms with E-state index in [9.17, 15) is 20.2 Å². The van der Waals surface area contributed by atoms with Crippen molar-refractivity contribution >= 4 is 22.7 Å². The number of ether oxygens (including phenoxy) is 1. The minimum Gasteiger partial charge on any atom is -0.457 e. The molecule has 0 amide bonds. The lowest BCUT2D eigenvalue weighted by Crippen LogP contribution is -1.98. The van der Waals surface area contributed by atoms with E-state index >= 15 is 0 Å². The van der Waals surface area contributed by atoms with Gasteiger partial charge in [-0.15, -0.1) is 0 Å². The Bertz CT molecular complexity index is 699. The topological polar surface area (TPSA) is 120 Å². The third kappa shape index (κ3) is 3.46. The molecule has 0 aromatic heterocycles. The van der Waals surface area contributed by atoms with Gasteiger partial charge in [0.15, 0.2) is 0 Å². The van der Waals surface area contributed by atoms with Crippen LogP contribution in [-0.2, 0) is 0 Å². The smallest absolute Gasteiger partial charge is 0.296 e. The number of anilines is 2. The first kappa shape index (κ1) is 16.0. The van der Waals surface area contributed by atoms with Gasteiger partial charge in [-0.05, 0) is 24.3 Å². The van der Waals surface area contributed by atoms with E-state index in [1.165, 1.54) is 36.4 Å². The summed E-state index contributed by atoms with van der Waals surface area (Å²) in [5.74, 6) is 0.421. The Morgan fingerprint density at radius 3 is 1.52 bits per heavy atom. The molecule has 0 saturated heterocycles. The van der Waals surface area contributed by atoms with Gasteiger partial charge in [0.25, 0.3) is 11.4 Å². The van der Waals surface area contributed by atoms with Crippen molar-refractivity contribution in [3.8, 4) is 11.5 Å². The third-order valence-electron chi connectivity index (χ3n) is 3.11. The molecular weight excluding hydrogens is 304 g/mol. The predicted molar refractivity (Wildman–Crippen MR) is 85.4 cm³/mol. The first-order valence-corrected chi connectivity index (χ1v) is 6.56. The highest BCUT2D eigenvalue weighted by atomic mass is 16.6. The lowest BCUT2D eigenvalue weighted by molar-refractivity contribution is -0.384. The fourth-order valence-electron chi connectivity index (χ4n) is 2.01. The van der Waals surface area contributed by atoms with E-state index in [-0.39, 0.29) is 22.9 Å². The van der Waals surface area contributed by atoms with Gasteiger partial charge < -0.3 is 15.4 Å². The second kappa shape index (κ2) is 6.60. The third-order valence-corrected chi connectivity index (χ3v) is 3.11. The quantitative estimate of drug-likeness (QED) is 0.618. The van der Waals surface area contributed by atoms with Gasteiger partial charge in [-0.25, -0.2) is 0 Å². The monoisotopic (exact) mass is 318 g/mol. The molecule has 0 unspecified atom stereocenters. The highest BCUT2D eigenvalue weighted by Crippen LogP contribution is 2.34. The average Bonchev–Trinajstić information content (AvgIpc) is 2.54. The van der Waals surface area contributed by atoms with E-state index in [0.29, 0.717) is 11.4 Å². The van der Waals surface area contributed by atoms with E-state index in [1.807, 2.05) is 0 Å². The standard InChI is InChI=1S/C14H14N4O5/c1-15-11-5-3-9(7-13(11)17(19)20)23-10-4-6-12(16-2)14(8-10)18(21)22/h3-8,15-16H,1-2H3. The van der Waals surface area contributed by atoms with Crippen molar-refractivity contribution in [3.63, 3.8) is 0 Å². The summed E-state index contributed by atoms with van der Waals surface area (Å²) < 4.78 is 5.49. The van der Waals surface area contributed by atoms with Crippen molar-refractivity contribution in [1.29, 1.82) is 0 Å². The second-order valence-corrected chi connectivity index (χ2v) is 4.47. The van der Waals surface area contributed by atoms with Gasteiger partial charge in [-0.1, -0.05) is 0 Å². The number of hydrogen-bond donors (Lipinski definition) is 2. The largest absolute Gasteiger partial charge is 0.457 e. The fraction of sp³-hybridized carbons (Fsp3) is 0.143. The zero-order chi connectivity index (χ0) is 17.0. The molecule has 0 atom stereocenters. The molecule has 120 valence electrons. The molecular formula is C14H14N4O5. The fourth-order valence-corrected chi connectivity index (χ4v) is 2.01. The molecule has 2 N–H and O–H groups in total. The summed E-state index contributed by atoms with van der Waals surface area (Å²) in [6.45, 7) is 0. The Balaban J connectivity index is 2.36. The van der Waals surface area contributed by atoms with Crippen LogP contribution in [0.15, 0.2) is 36.4 Å². The molecule has 0 aliphatic heterocycles. The van der Waals surface area contributed by atoms with E-state index in [4.69, 9.17) is 4.74 Å². The van der Waals surface area contributed by atoms with Crippen LogP contribution >= 0.6 is 0 Å². The Morgan fingerprint density at radius 1 is 0.826 bits per heavy atom. The molecule has 9 nitrogen and oxygen atoms in total. The van der Waals surface area contributed by atoms with Crippen molar-refractivity contribution < 1.29 is 14.6 Å². The molecule has 9 heteroatoms. The van der Waals surface area contributed by atoms with Crippen LogP contribution in [0.4, 0.5) is 22.7 Å².